The van der Waals surface area contributed by atoms with Crippen molar-refractivity contribution in [1.82, 2.24) is 4.98 Å². The maximum Gasteiger partial charge on any atom is 0.203 e. The van der Waals surface area contributed by atoms with Gasteiger partial charge in [-0.15, -0.1) is 11.3 Å². The minimum atomic E-state index is 0.160. The van der Waals surface area contributed by atoms with E-state index in [0.717, 1.165) is 23.7 Å². The van der Waals surface area contributed by atoms with Gasteiger partial charge in [-0.25, -0.2) is 4.98 Å². The van der Waals surface area contributed by atoms with E-state index in [1.54, 1.807) is 18.3 Å². The highest BCUT2D eigenvalue weighted by Gasteiger charge is 2.19. The Morgan fingerprint density at radius 1 is 1.48 bits per heavy atom. The van der Waals surface area contributed by atoms with Gasteiger partial charge in [-0.2, -0.15) is 5.10 Å². The molecular weight excluding hydrogens is 286 g/mol. The minimum absolute atomic E-state index is 0.160. The molecule has 1 aliphatic carbocycles. The van der Waals surface area contributed by atoms with Crippen molar-refractivity contribution in [2.75, 3.05) is 5.43 Å². The van der Waals surface area contributed by atoms with Crippen molar-refractivity contribution in [3.05, 3.63) is 34.8 Å². The lowest BCUT2D eigenvalue weighted by atomic mass is 9.96. The van der Waals surface area contributed by atoms with Crippen molar-refractivity contribution in [2.45, 2.75) is 32.3 Å². The molecule has 0 bridgehead atoms. The number of benzene rings is 1. The average molecular weight is 303 g/mol. The summed E-state index contributed by atoms with van der Waals surface area (Å²) in [5, 5.41) is 16.7. The highest BCUT2D eigenvalue weighted by atomic mass is 32.1. The summed E-state index contributed by atoms with van der Waals surface area (Å²) in [6, 6.07) is 5.28. The molecule has 1 aliphatic rings. The number of anilines is 1. The number of phenols is 1. The molecule has 1 aromatic carbocycles. The van der Waals surface area contributed by atoms with Crippen LogP contribution in [0.3, 0.4) is 0 Å². The molecule has 1 saturated carbocycles. The Bertz CT molecular complexity index is 650. The van der Waals surface area contributed by atoms with Crippen LogP contribution in [0.2, 0.25) is 0 Å². The summed E-state index contributed by atoms with van der Waals surface area (Å²) in [4.78, 5) is 4.24. The van der Waals surface area contributed by atoms with Gasteiger partial charge in [-0.3, -0.25) is 5.43 Å². The lowest BCUT2D eigenvalue weighted by molar-refractivity contribution is 0.120. The molecule has 0 amide bonds. The average Bonchev–Trinajstić information content (AvgIpc) is 2.82. The zero-order valence-corrected chi connectivity index (χ0v) is 12.6. The van der Waals surface area contributed by atoms with E-state index in [9.17, 15) is 5.11 Å². The summed E-state index contributed by atoms with van der Waals surface area (Å²) in [7, 11) is 0. The van der Waals surface area contributed by atoms with Crippen molar-refractivity contribution < 1.29 is 9.84 Å². The summed E-state index contributed by atoms with van der Waals surface area (Å²) in [6.07, 6.45) is 5.30. The largest absolute Gasteiger partial charge is 0.507 e. The molecule has 21 heavy (non-hydrogen) atoms. The molecule has 0 spiro atoms. The standard InChI is InChI=1S/C15H17N3O2S/c1-10-9-21-15(17-10)18-16-8-11-5-6-13(7-14(11)19)20-12-3-2-4-12/h5-9,12,19H,2-4H2,1H3,(H,17,18). The maximum absolute atomic E-state index is 9.98. The number of hydrazone groups is 1. The zero-order valence-electron chi connectivity index (χ0n) is 11.7. The fourth-order valence-corrected chi connectivity index (χ4v) is 2.59. The molecule has 1 aromatic heterocycles. The molecule has 3 rings (SSSR count). The van der Waals surface area contributed by atoms with Crippen LogP contribution in [0.1, 0.15) is 30.5 Å². The second-order valence-electron chi connectivity index (χ2n) is 5.06. The molecule has 2 aromatic rings. The van der Waals surface area contributed by atoms with E-state index in [1.807, 2.05) is 18.4 Å². The first-order valence-corrected chi connectivity index (χ1v) is 7.79. The van der Waals surface area contributed by atoms with Crippen LogP contribution in [0.25, 0.3) is 0 Å². The highest BCUT2D eigenvalue weighted by molar-refractivity contribution is 7.13. The van der Waals surface area contributed by atoms with Gasteiger partial charge in [0.2, 0.25) is 5.13 Å². The van der Waals surface area contributed by atoms with E-state index < -0.39 is 0 Å². The molecule has 0 radical (unpaired) electrons. The maximum atomic E-state index is 9.98. The van der Waals surface area contributed by atoms with Crippen molar-refractivity contribution in [3.63, 3.8) is 0 Å². The van der Waals surface area contributed by atoms with Crippen LogP contribution in [-0.2, 0) is 0 Å². The Morgan fingerprint density at radius 3 is 2.95 bits per heavy atom. The summed E-state index contributed by atoms with van der Waals surface area (Å²) in [6.45, 7) is 1.93. The first kappa shape index (κ1) is 13.9. The van der Waals surface area contributed by atoms with Gasteiger partial charge in [0, 0.05) is 17.0 Å². The molecule has 110 valence electrons. The quantitative estimate of drug-likeness (QED) is 0.655. The molecule has 2 N–H and O–H groups in total. The number of hydrogen-bond donors (Lipinski definition) is 2. The number of aryl methyl sites for hydroxylation is 1. The van der Waals surface area contributed by atoms with E-state index in [1.165, 1.54) is 17.8 Å². The van der Waals surface area contributed by atoms with Crippen LogP contribution in [-0.4, -0.2) is 22.4 Å². The summed E-state index contributed by atoms with van der Waals surface area (Å²) >= 11 is 1.49. The van der Waals surface area contributed by atoms with E-state index in [-0.39, 0.29) is 5.75 Å². The van der Waals surface area contributed by atoms with Crippen LogP contribution in [0.4, 0.5) is 5.13 Å². The second kappa shape index (κ2) is 6.13. The van der Waals surface area contributed by atoms with Gasteiger partial charge >= 0.3 is 0 Å². The smallest absolute Gasteiger partial charge is 0.203 e. The van der Waals surface area contributed by atoms with Crippen LogP contribution in [0.15, 0.2) is 28.7 Å². The minimum Gasteiger partial charge on any atom is -0.507 e. The van der Waals surface area contributed by atoms with Gasteiger partial charge in [0.1, 0.15) is 11.5 Å². The van der Waals surface area contributed by atoms with Crippen molar-refractivity contribution >= 4 is 22.7 Å². The lowest BCUT2D eigenvalue weighted by Gasteiger charge is -2.26. The number of aromatic hydroxyl groups is 1. The van der Waals surface area contributed by atoms with Crippen molar-refractivity contribution in [3.8, 4) is 11.5 Å². The highest BCUT2D eigenvalue weighted by Crippen LogP contribution is 2.28. The lowest BCUT2D eigenvalue weighted by Crippen LogP contribution is -2.24. The number of nitrogens with zero attached hydrogens (tertiary/aromatic N) is 2. The molecule has 0 aliphatic heterocycles. The van der Waals surface area contributed by atoms with E-state index in [0.29, 0.717) is 17.4 Å². The number of hydrogen-bond acceptors (Lipinski definition) is 6. The normalized spacial score (nSPS) is 15.1. The number of thiazole rings is 1. The van der Waals surface area contributed by atoms with Crippen LogP contribution >= 0.6 is 11.3 Å². The molecule has 1 fully saturated rings. The molecule has 0 saturated heterocycles. The molecule has 0 unspecified atom stereocenters. The second-order valence-corrected chi connectivity index (χ2v) is 5.91. The molecule has 5 nitrogen and oxygen atoms in total. The van der Waals surface area contributed by atoms with Gasteiger partial charge < -0.3 is 9.84 Å². The fraction of sp³-hybridized carbons (Fsp3) is 0.333. The number of nitrogens with one attached hydrogen (secondary N) is 1. The summed E-state index contributed by atoms with van der Waals surface area (Å²) in [5.41, 5.74) is 4.43. The number of rotatable bonds is 5. The van der Waals surface area contributed by atoms with Crippen LogP contribution in [0, 0.1) is 6.92 Å². The summed E-state index contributed by atoms with van der Waals surface area (Å²) in [5.74, 6) is 0.866. The molecule has 1 heterocycles. The van der Waals surface area contributed by atoms with E-state index in [2.05, 4.69) is 15.5 Å². The third-order valence-corrected chi connectivity index (χ3v) is 4.20. The van der Waals surface area contributed by atoms with Crippen LogP contribution < -0.4 is 10.2 Å². The monoisotopic (exact) mass is 303 g/mol. The van der Waals surface area contributed by atoms with Gasteiger partial charge in [-0.1, -0.05) is 0 Å². The Balaban J connectivity index is 1.62. The molecule has 0 atom stereocenters. The Labute approximate surface area is 127 Å². The number of aromatic nitrogens is 1. The van der Waals surface area contributed by atoms with Gasteiger partial charge in [-0.05, 0) is 38.3 Å². The first-order valence-electron chi connectivity index (χ1n) is 6.91. The molecule has 6 heteroatoms. The van der Waals surface area contributed by atoms with Gasteiger partial charge in [0.15, 0.2) is 0 Å². The Kier molecular flexibility index (Phi) is 4.06. The topological polar surface area (TPSA) is 66.7 Å². The third-order valence-electron chi connectivity index (χ3n) is 3.34. The SMILES string of the molecule is Cc1csc(NN=Cc2ccc(OC3CCC3)cc2O)n1. The van der Waals surface area contributed by atoms with Crippen molar-refractivity contribution in [1.29, 1.82) is 0 Å². The predicted molar refractivity (Wildman–Crippen MR) is 84.4 cm³/mol. The van der Waals surface area contributed by atoms with Crippen molar-refractivity contribution in [2.24, 2.45) is 5.10 Å². The Hall–Kier alpha value is -2.08. The summed E-state index contributed by atoms with van der Waals surface area (Å²) < 4.78 is 5.73. The number of phenolic OH excluding ortho intramolecular Hbond substituents is 1. The number of ether oxygens (including phenoxy) is 1. The Morgan fingerprint density at radius 2 is 2.33 bits per heavy atom. The third kappa shape index (κ3) is 3.52. The molecular formula is C15H17N3O2S. The van der Waals surface area contributed by atoms with Gasteiger partial charge in [0.25, 0.3) is 0 Å². The van der Waals surface area contributed by atoms with E-state index in [4.69, 9.17) is 4.74 Å². The van der Waals surface area contributed by atoms with E-state index >= 15 is 0 Å². The first-order chi connectivity index (χ1) is 10.2. The predicted octanol–water partition coefficient (Wildman–Crippen LogP) is 3.53. The van der Waals surface area contributed by atoms with Crippen LogP contribution in [0.5, 0.6) is 11.5 Å². The fourth-order valence-electron chi connectivity index (χ4n) is 1.95. The zero-order chi connectivity index (χ0) is 14.7. The van der Waals surface area contributed by atoms with Gasteiger partial charge in [0.05, 0.1) is 18.0 Å².